The van der Waals surface area contributed by atoms with E-state index in [1.165, 1.54) is 0 Å². The number of hydrogen-bond acceptors (Lipinski definition) is 3. The number of benzene rings is 3. The van der Waals surface area contributed by atoms with Gasteiger partial charge in [0.15, 0.2) is 5.78 Å². The maximum atomic E-state index is 12.2. The van der Waals surface area contributed by atoms with Crippen LogP contribution in [0, 0.1) is 0 Å². The van der Waals surface area contributed by atoms with Gasteiger partial charge in [-0.1, -0.05) is 46.3 Å². The minimum Gasteiger partial charge on any atom is -0.423 e. The predicted octanol–water partition coefficient (Wildman–Crippen LogP) is 4.64. The summed E-state index contributed by atoms with van der Waals surface area (Å²) >= 11 is 3.13. The lowest BCUT2D eigenvalue weighted by Gasteiger charge is -2.06. The minimum absolute atomic E-state index is 0.0163. The second-order valence-corrected chi connectivity index (χ2v) is 5.59. The van der Waals surface area contributed by atoms with Gasteiger partial charge in [0, 0.05) is 5.56 Å². The molecule has 0 saturated carbocycles. The normalized spacial score (nSPS) is 10.5. The molecule has 0 aliphatic heterocycles. The van der Waals surface area contributed by atoms with Crippen LogP contribution in [0.5, 0.6) is 5.75 Å². The van der Waals surface area contributed by atoms with Gasteiger partial charge in [-0.2, -0.15) is 0 Å². The quantitative estimate of drug-likeness (QED) is 0.291. The van der Waals surface area contributed by atoms with E-state index in [2.05, 4.69) is 15.9 Å². The Kier molecular flexibility index (Phi) is 4.53. The monoisotopic (exact) mass is 368 g/mol. The van der Waals surface area contributed by atoms with Crippen LogP contribution < -0.4 is 4.74 Å². The van der Waals surface area contributed by atoms with Crippen LogP contribution in [0.1, 0.15) is 20.7 Å². The summed E-state index contributed by atoms with van der Waals surface area (Å²) in [4.78, 5) is 23.8. The minimum atomic E-state index is -0.421. The molecule has 3 aromatic rings. The van der Waals surface area contributed by atoms with Gasteiger partial charge in [0.2, 0.25) is 0 Å². The summed E-state index contributed by atoms with van der Waals surface area (Å²) in [5.74, 6) is -0.0259. The van der Waals surface area contributed by atoms with E-state index in [4.69, 9.17) is 4.74 Å². The number of rotatable bonds is 4. The molecule has 0 amide bonds. The van der Waals surface area contributed by atoms with E-state index >= 15 is 0 Å². The highest BCUT2D eigenvalue weighted by atomic mass is 79.9. The average Bonchev–Trinajstić information content (AvgIpc) is 2.61. The molecule has 0 atom stereocenters. The molecule has 0 unspecified atom stereocenters. The second-order valence-electron chi connectivity index (χ2n) is 5.03. The van der Waals surface area contributed by atoms with Gasteiger partial charge in [-0.25, -0.2) is 4.79 Å². The number of alkyl halides is 1. The fraction of sp³-hybridized carbons (Fsp3) is 0.0526. The van der Waals surface area contributed by atoms with Crippen molar-refractivity contribution in [3.8, 4) is 5.75 Å². The average molecular weight is 369 g/mol. The van der Waals surface area contributed by atoms with Crippen LogP contribution >= 0.6 is 15.9 Å². The number of halogens is 1. The van der Waals surface area contributed by atoms with Gasteiger partial charge in [0.1, 0.15) is 5.75 Å². The molecular formula is C19H13BrO3. The van der Waals surface area contributed by atoms with Crippen molar-refractivity contribution in [1.29, 1.82) is 0 Å². The van der Waals surface area contributed by atoms with Gasteiger partial charge in [0.25, 0.3) is 0 Å². The number of ketones is 1. The van der Waals surface area contributed by atoms with Gasteiger partial charge in [-0.15, -0.1) is 0 Å². The highest BCUT2D eigenvalue weighted by Gasteiger charge is 2.10. The van der Waals surface area contributed by atoms with Crippen molar-refractivity contribution >= 4 is 38.5 Å². The van der Waals surface area contributed by atoms with Crippen LogP contribution in [0.25, 0.3) is 10.8 Å². The Bertz CT molecular complexity index is 869. The summed E-state index contributed by atoms with van der Waals surface area (Å²) < 4.78 is 5.36. The second kappa shape index (κ2) is 6.75. The van der Waals surface area contributed by atoms with Gasteiger partial charge < -0.3 is 4.74 Å². The molecule has 0 radical (unpaired) electrons. The van der Waals surface area contributed by atoms with Gasteiger partial charge in [-0.3, -0.25) is 4.79 Å². The Balaban J connectivity index is 1.78. The number of ether oxygens (including phenoxy) is 1. The molecule has 0 aromatic heterocycles. The molecule has 0 spiro atoms. The highest BCUT2D eigenvalue weighted by molar-refractivity contribution is 9.09. The molecular weight excluding hydrogens is 356 g/mol. The molecule has 4 heteroatoms. The van der Waals surface area contributed by atoms with Crippen LogP contribution in [0.4, 0.5) is 0 Å². The number of carbonyl (C=O) groups excluding carboxylic acids is 2. The number of Topliss-reactive ketones (excluding diaryl/α,β-unsaturated/α-hetero) is 1. The van der Waals surface area contributed by atoms with Gasteiger partial charge in [-0.05, 0) is 47.2 Å². The number of hydrogen-bond donors (Lipinski definition) is 0. The molecule has 0 aliphatic rings. The van der Waals surface area contributed by atoms with Crippen LogP contribution in [0.15, 0.2) is 66.7 Å². The Morgan fingerprint density at radius 2 is 1.48 bits per heavy atom. The molecule has 0 fully saturated rings. The van der Waals surface area contributed by atoms with Crippen molar-refractivity contribution in [3.05, 3.63) is 77.9 Å². The summed E-state index contributed by atoms with van der Waals surface area (Å²) in [6.45, 7) is 0. The number of carbonyl (C=O) groups is 2. The zero-order valence-corrected chi connectivity index (χ0v) is 13.7. The summed E-state index contributed by atoms with van der Waals surface area (Å²) in [6, 6.07) is 19.8. The molecule has 0 N–H and O–H groups in total. The first kappa shape index (κ1) is 15.4. The summed E-state index contributed by atoms with van der Waals surface area (Å²) in [5, 5.41) is 2.32. The van der Waals surface area contributed by atoms with E-state index in [0.717, 1.165) is 10.8 Å². The number of fused-ring (bicyclic) bond motifs is 1. The maximum absolute atomic E-state index is 12.2. The lowest BCUT2D eigenvalue weighted by Crippen LogP contribution is -2.08. The summed E-state index contributed by atoms with van der Waals surface area (Å²) in [7, 11) is 0. The fourth-order valence-electron chi connectivity index (χ4n) is 2.27. The molecule has 3 nitrogen and oxygen atoms in total. The lowest BCUT2D eigenvalue weighted by atomic mass is 10.1. The SMILES string of the molecule is O=C(CBr)c1ccc(OC(=O)c2ccc3ccccc3c2)cc1. The molecule has 3 aromatic carbocycles. The van der Waals surface area contributed by atoms with Crippen LogP contribution in [0.3, 0.4) is 0 Å². The number of esters is 1. The summed E-state index contributed by atoms with van der Waals surface area (Å²) in [5.41, 5.74) is 1.07. The van der Waals surface area contributed by atoms with Crippen molar-refractivity contribution in [3.63, 3.8) is 0 Å². The lowest BCUT2D eigenvalue weighted by molar-refractivity contribution is 0.0735. The van der Waals surface area contributed by atoms with E-state index in [1.54, 1.807) is 36.4 Å². The predicted molar refractivity (Wildman–Crippen MR) is 93.5 cm³/mol. The molecule has 0 aliphatic carbocycles. The highest BCUT2D eigenvalue weighted by Crippen LogP contribution is 2.19. The van der Waals surface area contributed by atoms with Crippen molar-refractivity contribution in [1.82, 2.24) is 0 Å². The zero-order chi connectivity index (χ0) is 16.2. The third kappa shape index (κ3) is 3.48. The van der Waals surface area contributed by atoms with Crippen molar-refractivity contribution in [2.24, 2.45) is 0 Å². The Labute approximate surface area is 142 Å². The van der Waals surface area contributed by atoms with Crippen LogP contribution in [-0.4, -0.2) is 17.1 Å². The van der Waals surface area contributed by atoms with Gasteiger partial charge in [0.05, 0.1) is 10.9 Å². The van der Waals surface area contributed by atoms with Crippen molar-refractivity contribution in [2.45, 2.75) is 0 Å². The molecule has 0 bridgehead atoms. The first-order valence-electron chi connectivity index (χ1n) is 7.07. The third-order valence-electron chi connectivity index (χ3n) is 3.49. The zero-order valence-electron chi connectivity index (χ0n) is 12.2. The van der Waals surface area contributed by atoms with E-state index in [9.17, 15) is 9.59 Å². The Morgan fingerprint density at radius 3 is 2.17 bits per heavy atom. The molecule has 3 rings (SSSR count). The third-order valence-corrected chi connectivity index (χ3v) is 4.00. The topological polar surface area (TPSA) is 43.4 Å². The van der Waals surface area contributed by atoms with Crippen LogP contribution in [0.2, 0.25) is 0 Å². The summed E-state index contributed by atoms with van der Waals surface area (Å²) in [6.07, 6.45) is 0. The molecule has 0 heterocycles. The fourth-order valence-corrected chi connectivity index (χ4v) is 2.59. The van der Waals surface area contributed by atoms with E-state index in [1.807, 2.05) is 30.3 Å². The smallest absolute Gasteiger partial charge is 0.343 e. The molecule has 114 valence electrons. The first-order valence-corrected chi connectivity index (χ1v) is 8.20. The van der Waals surface area contributed by atoms with Crippen molar-refractivity contribution < 1.29 is 14.3 Å². The Hall–Kier alpha value is -2.46. The molecule has 23 heavy (non-hydrogen) atoms. The van der Waals surface area contributed by atoms with E-state index in [0.29, 0.717) is 16.9 Å². The van der Waals surface area contributed by atoms with Crippen molar-refractivity contribution in [2.75, 3.05) is 5.33 Å². The Morgan fingerprint density at radius 1 is 0.826 bits per heavy atom. The van der Waals surface area contributed by atoms with Crippen LogP contribution in [-0.2, 0) is 0 Å². The van der Waals surface area contributed by atoms with E-state index in [-0.39, 0.29) is 11.1 Å². The maximum Gasteiger partial charge on any atom is 0.343 e. The van der Waals surface area contributed by atoms with E-state index < -0.39 is 5.97 Å². The molecule has 0 saturated heterocycles. The first-order chi connectivity index (χ1) is 11.2. The van der Waals surface area contributed by atoms with Gasteiger partial charge >= 0.3 is 5.97 Å². The largest absolute Gasteiger partial charge is 0.423 e. The standard InChI is InChI=1S/C19H13BrO3/c20-12-18(21)14-7-9-17(10-8-14)23-19(22)16-6-5-13-3-1-2-4-15(13)11-16/h1-11H,12H2.